The van der Waals surface area contributed by atoms with Crippen molar-refractivity contribution >= 4 is 28.8 Å². The molecule has 3 rings (SSSR count). The van der Waals surface area contributed by atoms with Crippen LogP contribution in [0.1, 0.15) is 25.0 Å². The second-order valence-electron chi connectivity index (χ2n) is 7.45. The number of carbonyl (C=O) groups excluding carboxylic acids is 3. The van der Waals surface area contributed by atoms with Gasteiger partial charge in [-0.1, -0.05) is 72.4 Å². The predicted octanol–water partition coefficient (Wildman–Crippen LogP) is 2.94. The molecule has 30 heavy (non-hydrogen) atoms. The second-order valence-corrected chi connectivity index (χ2v) is 9.08. The smallest absolute Gasteiger partial charge is 0.330 e. The molecule has 2 aromatic carbocycles. The Morgan fingerprint density at radius 1 is 1.03 bits per heavy atom. The number of carbonyl (C=O) groups is 3. The van der Waals surface area contributed by atoms with Crippen molar-refractivity contribution in [2.75, 3.05) is 0 Å². The number of rotatable bonds is 6. The Morgan fingerprint density at radius 2 is 1.63 bits per heavy atom. The Hall–Kier alpha value is -3.06. The average Bonchev–Trinajstić information content (AvgIpc) is 2.83. The number of ether oxygens (including phenoxy) is 1. The van der Waals surface area contributed by atoms with Crippen molar-refractivity contribution in [3.05, 3.63) is 83.7 Å². The minimum atomic E-state index is -0.771. The highest BCUT2D eigenvalue weighted by atomic mass is 32.2. The topological polar surface area (TPSA) is 84.5 Å². The lowest BCUT2D eigenvalue weighted by Gasteiger charge is -2.29. The lowest BCUT2D eigenvalue weighted by Crippen LogP contribution is -2.48. The van der Waals surface area contributed by atoms with Gasteiger partial charge in [-0.25, -0.2) is 4.79 Å². The minimum Gasteiger partial charge on any atom is -0.459 e. The van der Waals surface area contributed by atoms with Gasteiger partial charge < -0.3 is 15.4 Å². The molecule has 1 atom stereocenters. The number of hydrogen-bond donors (Lipinski definition) is 2. The molecule has 0 spiro atoms. The van der Waals surface area contributed by atoms with Gasteiger partial charge in [-0.3, -0.25) is 9.59 Å². The first-order valence-electron chi connectivity index (χ1n) is 9.59. The van der Waals surface area contributed by atoms with Gasteiger partial charge in [0.15, 0.2) is 0 Å². The Kier molecular flexibility index (Phi) is 6.95. The van der Waals surface area contributed by atoms with Crippen LogP contribution in [0.2, 0.25) is 0 Å². The molecule has 0 saturated heterocycles. The van der Waals surface area contributed by atoms with Gasteiger partial charge in [0.2, 0.25) is 11.0 Å². The maximum atomic E-state index is 12.7. The summed E-state index contributed by atoms with van der Waals surface area (Å²) in [5.41, 5.74) is 1.85. The SMILES string of the molecule is CC1(C)SC(=O)C(NC(=O)Cc2ccccc2)=CN[C@H]1C(=O)OCc1ccccc1. The van der Waals surface area contributed by atoms with Crippen LogP contribution >= 0.6 is 11.8 Å². The van der Waals surface area contributed by atoms with Gasteiger partial charge in [0.25, 0.3) is 0 Å². The van der Waals surface area contributed by atoms with Crippen molar-refractivity contribution in [2.24, 2.45) is 0 Å². The Labute approximate surface area is 180 Å². The fourth-order valence-electron chi connectivity index (χ4n) is 3.01. The monoisotopic (exact) mass is 424 g/mol. The van der Waals surface area contributed by atoms with E-state index in [1.807, 2.05) is 60.7 Å². The van der Waals surface area contributed by atoms with E-state index in [1.165, 1.54) is 6.20 Å². The summed E-state index contributed by atoms with van der Waals surface area (Å²) in [6, 6.07) is 17.9. The maximum Gasteiger partial charge on any atom is 0.330 e. The van der Waals surface area contributed by atoms with E-state index in [4.69, 9.17) is 4.74 Å². The number of thioether (sulfide) groups is 1. The number of nitrogens with one attached hydrogen (secondary N) is 2. The van der Waals surface area contributed by atoms with E-state index in [2.05, 4.69) is 10.6 Å². The number of benzene rings is 2. The molecule has 0 radical (unpaired) electrons. The van der Waals surface area contributed by atoms with Crippen LogP contribution in [0.3, 0.4) is 0 Å². The lowest BCUT2D eigenvalue weighted by molar-refractivity contribution is -0.147. The summed E-state index contributed by atoms with van der Waals surface area (Å²) < 4.78 is 4.68. The molecular weight excluding hydrogens is 400 g/mol. The zero-order valence-corrected chi connectivity index (χ0v) is 17.7. The third-order valence-electron chi connectivity index (χ3n) is 4.61. The van der Waals surface area contributed by atoms with E-state index in [0.29, 0.717) is 0 Å². The molecule has 0 fully saturated rings. The normalized spacial score (nSPS) is 17.9. The van der Waals surface area contributed by atoms with Gasteiger partial charge in [0, 0.05) is 10.9 Å². The van der Waals surface area contributed by atoms with Crippen LogP contribution in [0.25, 0.3) is 0 Å². The van der Waals surface area contributed by atoms with Gasteiger partial charge in [0.05, 0.1) is 6.42 Å². The van der Waals surface area contributed by atoms with Crippen LogP contribution in [0.5, 0.6) is 0 Å². The molecule has 1 aliphatic heterocycles. The highest BCUT2D eigenvalue weighted by Gasteiger charge is 2.41. The predicted molar refractivity (Wildman–Crippen MR) is 116 cm³/mol. The Morgan fingerprint density at radius 3 is 2.27 bits per heavy atom. The molecule has 0 aliphatic carbocycles. The van der Waals surface area contributed by atoms with Crippen LogP contribution in [0.4, 0.5) is 0 Å². The Balaban J connectivity index is 1.65. The van der Waals surface area contributed by atoms with Crippen molar-refractivity contribution in [1.29, 1.82) is 0 Å². The summed E-state index contributed by atoms with van der Waals surface area (Å²) >= 11 is 0.994. The van der Waals surface area contributed by atoms with Gasteiger partial charge in [-0.15, -0.1) is 0 Å². The summed E-state index contributed by atoms with van der Waals surface area (Å²) in [5.74, 6) is -0.761. The first kappa shape index (κ1) is 21.6. The number of esters is 1. The van der Waals surface area contributed by atoms with Crippen LogP contribution in [-0.2, 0) is 32.1 Å². The van der Waals surface area contributed by atoms with E-state index >= 15 is 0 Å². The zero-order chi connectivity index (χ0) is 21.6. The summed E-state index contributed by atoms with van der Waals surface area (Å²) in [6.07, 6.45) is 1.55. The molecule has 6 nitrogen and oxygen atoms in total. The van der Waals surface area contributed by atoms with Crippen LogP contribution in [-0.4, -0.2) is 27.8 Å². The van der Waals surface area contributed by atoms with E-state index in [9.17, 15) is 14.4 Å². The molecule has 0 bridgehead atoms. The first-order valence-corrected chi connectivity index (χ1v) is 10.4. The van der Waals surface area contributed by atoms with Crippen molar-refractivity contribution in [3.8, 4) is 0 Å². The van der Waals surface area contributed by atoms with Gasteiger partial charge in [-0.2, -0.15) is 0 Å². The average molecular weight is 425 g/mol. The third kappa shape index (κ3) is 5.73. The quantitative estimate of drug-likeness (QED) is 0.694. The second kappa shape index (κ2) is 9.63. The molecule has 0 saturated carbocycles. The van der Waals surface area contributed by atoms with E-state index in [1.54, 1.807) is 13.8 Å². The van der Waals surface area contributed by atoms with Gasteiger partial charge >= 0.3 is 5.97 Å². The summed E-state index contributed by atoms with van der Waals surface area (Å²) in [7, 11) is 0. The van der Waals surface area contributed by atoms with Gasteiger partial charge in [-0.05, 0) is 25.0 Å². The lowest BCUT2D eigenvalue weighted by atomic mass is 10.0. The molecule has 1 amide bonds. The maximum absolute atomic E-state index is 12.7. The molecule has 0 unspecified atom stereocenters. The van der Waals surface area contributed by atoms with Crippen LogP contribution < -0.4 is 10.6 Å². The standard InChI is InChI=1S/C23H24N2O4S/c1-23(2)20(21(27)29-15-17-11-7-4-8-12-17)24-14-18(22(28)30-23)25-19(26)13-16-9-5-3-6-10-16/h3-12,14,20,24H,13,15H2,1-2H3,(H,25,26)/t20-/m0/s1. The van der Waals surface area contributed by atoms with E-state index in [-0.39, 0.29) is 29.7 Å². The highest BCUT2D eigenvalue weighted by Crippen LogP contribution is 2.33. The molecule has 7 heteroatoms. The molecular formula is C23H24N2O4S. The minimum absolute atomic E-state index is 0.118. The Bertz CT molecular complexity index is 942. The van der Waals surface area contributed by atoms with Crippen LogP contribution in [0, 0.1) is 0 Å². The van der Waals surface area contributed by atoms with Crippen molar-refractivity contribution in [1.82, 2.24) is 10.6 Å². The zero-order valence-electron chi connectivity index (χ0n) is 16.9. The van der Waals surface area contributed by atoms with E-state index < -0.39 is 16.8 Å². The molecule has 0 aromatic heterocycles. The summed E-state index contributed by atoms with van der Waals surface area (Å²) in [6.45, 7) is 3.73. The third-order valence-corrected chi connectivity index (χ3v) is 5.77. The van der Waals surface area contributed by atoms with Crippen molar-refractivity contribution < 1.29 is 19.1 Å². The molecule has 2 N–H and O–H groups in total. The van der Waals surface area contributed by atoms with Gasteiger partial charge in [0.1, 0.15) is 18.3 Å². The van der Waals surface area contributed by atoms with E-state index in [0.717, 1.165) is 22.9 Å². The number of amides is 1. The molecule has 1 aliphatic rings. The van der Waals surface area contributed by atoms with Crippen molar-refractivity contribution in [3.63, 3.8) is 0 Å². The first-order chi connectivity index (χ1) is 14.3. The summed E-state index contributed by atoms with van der Waals surface area (Å²) in [4.78, 5) is 37.7. The van der Waals surface area contributed by atoms with Crippen molar-refractivity contribution in [2.45, 2.75) is 37.7 Å². The molecule has 1 heterocycles. The van der Waals surface area contributed by atoms with Crippen LogP contribution in [0.15, 0.2) is 72.6 Å². The molecule has 156 valence electrons. The fraction of sp³-hybridized carbons (Fsp3) is 0.261. The fourth-order valence-corrected chi connectivity index (χ4v) is 3.99. The largest absolute Gasteiger partial charge is 0.459 e. The summed E-state index contributed by atoms with van der Waals surface area (Å²) in [5, 5.41) is 5.30. The molecule has 2 aromatic rings. The number of hydrogen-bond acceptors (Lipinski definition) is 6. The highest BCUT2D eigenvalue weighted by molar-refractivity contribution is 8.15.